The van der Waals surface area contributed by atoms with Crippen LogP contribution in [-0.4, -0.2) is 59.7 Å². The van der Waals surface area contributed by atoms with Gasteiger partial charge in [0.05, 0.1) is 0 Å². The van der Waals surface area contributed by atoms with E-state index in [0.717, 1.165) is 18.4 Å². The van der Waals surface area contributed by atoms with Gasteiger partial charge in [-0.2, -0.15) is 0 Å². The van der Waals surface area contributed by atoms with Crippen molar-refractivity contribution in [2.75, 3.05) is 26.2 Å². The number of benzene rings is 2. The van der Waals surface area contributed by atoms with E-state index in [0.29, 0.717) is 38.2 Å². The average molecular weight is 405 g/mol. The highest BCUT2D eigenvalue weighted by molar-refractivity contribution is 5.97. The van der Waals surface area contributed by atoms with Crippen LogP contribution in [0, 0.1) is 5.92 Å². The van der Waals surface area contributed by atoms with Crippen LogP contribution in [0.1, 0.15) is 28.8 Å². The van der Waals surface area contributed by atoms with Crippen molar-refractivity contribution in [1.82, 2.24) is 15.1 Å². The van der Waals surface area contributed by atoms with E-state index in [1.54, 1.807) is 29.2 Å². The molecule has 1 heterocycles. The maximum Gasteiger partial charge on any atom is 0.251 e. The molecule has 2 aromatic carbocycles. The standard InChI is InChI=1S/C24H27N3O3/c28-22(19-9-5-2-6-10-19)25-21(17-18-7-3-1-4-8-18)24(30)27-15-13-26(14-16-27)23(29)20-11-12-20/h1-10,20-21H,11-17H2,(H,25,28)/t21-/m0/s1. The maximum atomic E-state index is 13.3. The topological polar surface area (TPSA) is 69.7 Å². The molecule has 0 aromatic heterocycles. The summed E-state index contributed by atoms with van der Waals surface area (Å²) < 4.78 is 0. The molecule has 1 aliphatic heterocycles. The smallest absolute Gasteiger partial charge is 0.251 e. The number of hydrogen-bond acceptors (Lipinski definition) is 3. The lowest BCUT2D eigenvalue weighted by atomic mass is 10.0. The lowest BCUT2D eigenvalue weighted by molar-refractivity contribution is -0.141. The molecule has 1 N–H and O–H groups in total. The SMILES string of the molecule is O=C(N[C@@H](Cc1ccccc1)C(=O)N1CCN(C(=O)C2CC2)CC1)c1ccccc1. The molecule has 2 aliphatic rings. The molecule has 0 bridgehead atoms. The van der Waals surface area contributed by atoms with Crippen molar-refractivity contribution in [3.63, 3.8) is 0 Å². The highest BCUT2D eigenvalue weighted by atomic mass is 16.2. The molecule has 0 unspecified atom stereocenters. The van der Waals surface area contributed by atoms with Crippen molar-refractivity contribution < 1.29 is 14.4 Å². The van der Waals surface area contributed by atoms with E-state index in [4.69, 9.17) is 0 Å². The zero-order chi connectivity index (χ0) is 20.9. The summed E-state index contributed by atoms with van der Waals surface area (Å²) in [4.78, 5) is 41.9. The maximum absolute atomic E-state index is 13.3. The van der Waals surface area contributed by atoms with Crippen LogP contribution in [-0.2, 0) is 16.0 Å². The zero-order valence-electron chi connectivity index (χ0n) is 17.0. The van der Waals surface area contributed by atoms with Gasteiger partial charge in [-0.25, -0.2) is 0 Å². The van der Waals surface area contributed by atoms with Crippen molar-refractivity contribution in [3.05, 3.63) is 71.8 Å². The summed E-state index contributed by atoms with van der Waals surface area (Å²) in [5.74, 6) is 0.0673. The van der Waals surface area contributed by atoms with Gasteiger partial charge >= 0.3 is 0 Å². The van der Waals surface area contributed by atoms with Crippen LogP contribution in [0.4, 0.5) is 0 Å². The van der Waals surface area contributed by atoms with E-state index >= 15 is 0 Å². The second-order valence-electron chi connectivity index (χ2n) is 8.01. The molecule has 0 spiro atoms. The first-order chi connectivity index (χ1) is 14.6. The summed E-state index contributed by atoms with van der Waals surface area (Å²) in [7, 11) is 0. The lowest BCUT2D eigenvalue weighted by Crippen LogP contribution is -2.56. The lowest BCUT2D eigenvalue weighted by Gasteiger charge is -2.36. The molecule has 2 aromatic rings. The monoisotopic (exact) mass is 405 g/mol. The Labute approximate surface area is 176 Å². The van der Waals surface area contributed by atoms with E-state index in [-0.39, 0.29) is 23.6 Å². The third kappa shape index (κ3) is 4.87. The van der Waals surface area contributed by atoms with Gasteiger partial charge in [0, 0.05) is 44.1 Å². The Morgan fingerprint density at radius 3 is 2.00 bits per heavy atom. The molecule has 1 saturated carbocycles. The first-order valence-corrected chi connectivity index (χ1v) is 10.6. The van der Waals surface area contributed by atoms with Crippen LogP contribution < -0.4 is 5.32 Å². The number of carbonyl (C=O) groups is 3. The third-order valence-corrected chi connectivity index (χ3v) is 5.75. The summed E-state index contributed by atoms with van der Waals surface area (Å²) >= 11 is 0. The van der Waals surface area contributed by atoms with E-state index in [1.165, 1.54) is 0 Å². The van der Waals surface area contributed by atoms with Crippen molar-refractivity contribution in [1.29, 1.82) is 0 Å². The number of nitrogens with zero attached hydrogens (tertiary/aromatic N) is 2. The van der Waals surface area contributed by atoms with Gasteiger partial charge in [0.15, 0.2) is 0 Å². The minimum absolute atomic E-state index is 0.0957. The predicted octanol–water partition coefficient (Wildman–Crippen LogP) is 2.11. The number of amides is 3. The molecule has 1 aliphatic carbocycles. The summed E-state index contributed by atoms with van der Waals surface area (Å²) in [5, 5.41) is 2.93. The van der Waals surface area contributed by atoms with E-state index in [9.17, 15) is 14.4 Å². The Morgan fingerprint density at radius 1 is 0.833 bits per heavy atom. The molecule has 1 atom stereocenters. The van der Waals surface area contributed by atoms with E-state index in [2.05, 4.69) is 5.32 Å². The Balaban J connectivity index is 1.43. The van der Waals surface area contributed by atoms with Crippen LogP contribution in [0.5, 0.6) is 0 Å². The highest BCUT2D eigenvalue weighted by Gasteiger charge is 2.36. The summed E-state index contributed by atoms with van der Waals surface area (Å²) in [5.41, 5.74) is 1.52. The Kier molecular flexibility index (Phi) is 6.12. The molecule has 1 saturated heterocycles. The Bertz CT molecular complexity index is 888. The predicted molar refractivity (Wildman–Crippen MR) is 114 cm³/mol. The van der Waals surface area contributed by atoms with Gasteiger partial charge in [-0.1, -0.05) is 48.5 Å². The Morgan fingerprint density at radius 2 is 1.40 bits per heavy atom. The van der Waals surface area contributed by atoms with Gasteiger partial charge in [-0.3, -0.25) is 14.4 Å². The fourth-order valence-corrected chi connectivity index (χ4v) is 3.84. The third-order valence-electron chi connectivity index (χ3n) is 5.75. The Hall–Kier alpha value is -3.15. The number of rotatable bonds is 6. The molecule has 156 valence electrons. The molecule has 2 fully saturated rings. The second-order valence-corrected chi connectivity index (χ2v) is 8.01. The van der Waals surface area contributed by atoms with Gasteiger partial charge < -0.3 is 15.1 Å². The molecular weight excluding hydrogens is 378 g/mol. The highest BCUT2D eigenvalue weighted by Crippen LogP contribution is 2.31. The average Bonchev–Trinajstić information content (AvgIpc) is 3.64. The molecule has 6 heteroatoms. The molecular formula is C24H27N3O3. The van der Waals surface area contributed by atoms with E-state index in [1.807, 2.05) is 41.3 Å². The van der Waals surface area contributed by atoms with Gasteiger partial charge in [-0.05, 0) is 30.5 Å². The minimum atomic E-state index is -0.647. The first-order valence-electron chi connectivity index (χ1n) is 10.6. The van der Waals surface area contributed by atoms with Crippen molar-refractivity contribution in [2.45, 2.75) is 25.3 Å². The number of carbonyl (C=O) groups excluding carboxylic acids is 3. The fourth-order valence-electron chi connectivity index (χ4n) is 3.84. The number of piperazine rings is 1. The van der Waals surface area contributed by atoms with Crippen molar-refractivity contribution >= 4 is 17.7 Å². The minimum Gasteiger partial charge on any atom is -0.340 e. The van der Waals surface area contributed by atoms with Crippen LogP contribution in [0.2, 0.25) is 0 Å². The van der Waals surface area contributed by atoms with Crippen LogP contribution >= 0.6 is 0 Å². The quantitative estimate of drug-likeness (QED) is 0.800. The van der Waals surface area contributed by atoms with Gasteiger partial charge in [0.25, 0.3) is 5.91 Å². The van der Waals surface area contributed by atoms with Crippen molar-refractivity contribution in [3.8, 4) is 0 Å². The summed E-state index contributed by atoms with van der Waals surface area (Å²) in [6.45, 7) is 2.13. The van der Waals surface area contributed by atoms with Gasteiger partial charge in [0.1, 0.15) is 6.04 Å². The largest absolute Gasteiger partial charge is 0.340 e. The molecule has 0 radical (unpaired) electrons. The normalized spacial score (nSPS) is 17.3. The number of hydrogen-bond donors (Lipinski definition) is 1. The molecule has 6 nitrogen and oxygen atoms in total. The second kappa shape index (κ2) is 9.11. The van der Waals surface area contributed by atoms with Crippen LogP contribution in [0.15, 0.2) is 60.7 Å². The molecule has 30 heavy (non-hydrogen) atoms. The summed E-state index contributed by atoms with van der Waals surface area (Å²) in [6, 6.07) is 18.0. The fraction of sp³-hybridized carbons (Fsp3) is 0.375. The van der Waals surface area contributed by atoms with Gasteiger partial charge in [-0.15, -0.1) is 0 Å². The zero-order valence-corrected chi connectivity index (χ0v) is 17.0. The van der Waals surface area contributed by atoms with Crippen molar-refractivity contribution in [2.24, 2.45) is 5.92 Å². The van der Waals surface area contributed by atoms with E-state index < -0.39 is 6.04 Å². The number of nitrogens with one attached hydrogen (secondary N) is 1. The molecule has 3 amide bonds. The first kappa shape index (κ1) is 20.1. The van der Waals surface area contributed by atoms with Gasteiger partial charge in [0.2, 0.25) is 11.8 Å². The van der Waals surface area contributed by atoms with Crippen LogP contribution in [0.3, 0.4) is 0 Å². The molecule has 4 rings (SSSR count). The van der Waals surface area contributed by atoms with Crippen LogP contribution in [0.25, 0.3) is 0 Å². The summed E-state index contributed by atoms with van der Waals surface area (Å²) in [6.07, 6.45) is 2.41.